The van der Waals surface area contributed by atoms with Gasteiger partial charge < -0.3 is 15.5 Å². The van der Waals surface area contributed by atoms with E-state index in [1.165, 1.54) is 13.0 Å². The monoisotopic (exact) mass is 383 g/mol. The van der Waals surface area contributed by atoms with Crippen molar-refractivity contribution in [3.8, 4) is 0 Å². The van der Waals surface area contributed by atoms with Crippen molar-refractivity contribution in [1.82, 2.24) is 0 Å². The number of nitrogens with one attached hydrogen (secondary N) is 2. The van der Waals surface area contributed by atoms with Crippen LogP contribution in [-0.2, 0) is 9.59 Å². The van der Waals surface area contributed by atoms with Crippen molar-refractivity contribution < 1.29 is 9.59 Å². The van der Waals surface area contributed by atoms with Gasteiger partial charge in [0.05, 0.1) is 11.4 Å². The Bertz CT molecular complexity index is 856. The van der Waals surface area contributed by atoms with Crippen molar-refractivity contribution in [3.63, 3.8) is 0 Å². The zero-order valence-corrected chi connectivity index (χ0v) is 15.9. The quantitative estimate of drug-likeness (QED) is 0.744. The summed E-state index contributed by atoms with van der Waals surface area (Å²) in [7, 11) is 0. The molecule has 2 N–H and O–H groups in total. The summed E-state index contributed by atoms with van der Waals surface area (Å²) in [5.41, 5.74) is 3.31. The molecule has 0 spiro atoms. The molecule has 0 atom stereocenters. The molecule has 1 aliphatic rings. The average Bonchev–Trinajstić information content (AvgIpc) is 3.15. The first-order chi connectivity index (χ1) is 13.0. The van der Waals surface area contributed by atoms with Gasteiger partial charge in [0.25, 0.3) is 0 Å². The minimum absolute atomic E-state index is 0.118. The highest BCUT2D eigenvalue weighted by molar-refractivity contribution is 6.31. The largest absolute Gasteiger partial charge is 0.370 e. The van der Waals surface area contributed by atoms with Gasteiger partial charge in [0.2, 0.25) is 11.8 Å². The second-order valence-electron chi connectivity index (χ2n) is 6.48. The topological polar surface area (TPSA) is 61.4 Å². The Balaban J connectivity index is 1.67. The Morgan fingerprint density at radius 3 is 2.41 bits per heavy atom. The Morgan fingerprint density at radius 1 is 1.04 bits per heavy atom. The van der Waals surface area contributed by atoms with Crippen LogP contribution in [0.1, 0.15) is 25.3 Å². The summed E-state index contributed by atoms with van der Waals surface area (Å²) >= 11 is 6.11. The van der Waals surface area contributed by atoms with Crippen LogP contribution >= 0.6 is 11.6 Å². The van der Waals surface area contributed by atoms with Crippen molar-refractivity contribution in [1.29, 1.82) is 0 Å². The van der Waals surface area contributed by atoms with Crippen LogP contribution in [0.15, 0.2) is 48.5 Å². The first kappa shape index (κ1) is 19.0. The van der Waals surface area contributed by atoms with Gasteiger partial charge >= 0.3 is 0 Å². The van der Waals surface area contributed by atoms with Crippen LogP contribution in [0.2, 0.25) is 5.02 Å². The highest BCUT2D eigenvalue weighted by atomic mass is 35.5. The fraction of sp³-hybridized carbons (Fsp3) is 0.238. The summed E-state index contributed by atoms with van der Waals surface area (Å²) in [4.78, 5) is 25.7. The predicted octanol–water partition coefficient (Wildman–Crippen LogP) is 4.55. The Labute approximate surface area is 164 Å². The van der Waals surface area contributed by atoms with E-state index in [0.29, 0.717) is 5.02 Å². The zero-order chi connectivity index (χ0) is 19.2. The van der Waals surface area contributed by atoms with E-state index in [2.05, 4.69) is 15.5 Å². The SMILES string of the molecule is CC(=O)Nc1ccc(/C=C/C(=O)Nc2cc(Cl)ccc2N2CCCC2)cc1. The molecule has 0 bridgehead atoms. The smallest absolute Gasteiger partial charge is 0.248 e. The molecular weight excluding hydrogens is 362 g/mol. The molecule has 0 radical (unpaired) electrons. The summed E-state index contributed by atoms with van der Waals surface area (Å²) in [6.45, 7) is 3.44. The number of nitrogens with zero attached hydrogens (tertiary/aromatic N) is 1. The van der Waals surface area contributed by atoms with Crippen molar-refractivity contribution in [2.24, 2.45) is 0 Å². The summed E-state index contributed by atoms with van der Waals surface area (Å²) in [6.07, 6.45) is 5.53. The molecule has 1 heterocycles. The minimum atomic E-state index is -0.219. The predicted molar refractivity (Wildman–Crippen MR) is 111 cm³/mol. The van der Waals surface area contributed by atoms with Crippen LogP contribution < -0.4 is 15.5 Å². The Hall–Kier alpha value is -2.79. The van der Waals surface area contributed by atoms with Crippen LogP contribution in [0.4, 0.5) is 17.1 Å². The number of hydrogen-bond donors (Lipinski definition) is 2. The summed E-state index contributed by atoms with van der Waals surface area (Å²) in [6, 6.07) is 12.8. The molecule has 2 aromatic rings. The molecule has 1 fully saturated rings. The van der Waals surface area contributed by atoms with Gasteiger partial charge in [-0.3, -0.25) is 9.59 Å². The molecule has 0 aliphatic carbocycles. The maximum atomic E-state index is 12.4. The lowest BCUT2D eigenvalue weighted by atomic mass is 10.2. The maximum absolute atomic E-state index is 12.4. The summed E-state index contributed by atoms with van der Waals surface area (Å²) in [5, 5.41) is 6.22. The van der Waals surface area contributed by atoms with Crippen molar-refractivity contribution in [2.75, 3.05) is 28.6 Å². The third kappa shape index (κ3) is 5.34. The number of hydrogen-bond acceptors (Lipinski definition) is 3. The number of halogens is 1. The van der Waals surface area contributed by atoms with Crippen molar-refractivity contribution >= 4 is 46.6 Å². The third-order valence-electron chi connectivity index (χ3n) is 4.32. The molecule has 5 nitrogen and oxygen atoms in total. The number of rotatable bonds is 5. The van der Waals surface area contributed by atoms with Gasteiger partial charge in [-0.25, -0.2) is 0 Å². The van der Waals surface area contributed by atoms with Gasteiger partial charge in [-0.2, -0.15) is 0 Å². The van der Waals surface area contributed by atoms with Gasteiger partial charge in [0.1, 0.15) is 0 Å². The summed E-state index contributed by atoms with van der Waals surface area (Å²) < 4.78 is 0. The standard InChI is InChI=1S/C21H22ClN3O2/c1-15(26)23-18-8-4-16(5-9-18)6-11-21(27)24-19-14-17(22)7-10-20(19)25-12-2-3-13-25/h4-11,14H,2-3,12-13H2,1H3,(H,23,26)(H,24,27)/b11-6+. The fourth-order valence-electron chi connectivity index (χ4n) is 3.07. The number of carbonyl (C=O) groups is 2. The minimum Gasteiger partial charge on any atom is -0.370 e. The number of benzene rings is 2. The van der Waals surface area contributed by atoms with E-state index in [0.717, 1.165) is 48.6 Å². The molecule has 1 aliphatic heterocycles. The van der Waals surface area contributed by atoms with Crippen LogP contribution in [0.25, 0.3) is 6.08 Å². The number of anilines is 3. The van der Waals surface area contributed by atoms with E-state index in [1.807, 2.05) is 24.3 Å². The maximum Gasteiger partial charge on any atom is 0.248 e. The van der Waals surface area contributed by atoms with Gasteiger partial charge in [-0.15, -0.1) is 0 Å². The number of amides is 2. The van der Waals surface area contributed by atoms with E-state index in [-0.39, 0.29) is 11.8 Å². The van der Waals surface area contributed by atoms with Crippen molar-refractivity contribution in [2.45, 2.75) is 19.8 Å². The Kier molecular flexibility index (Phi) is 6.14. The van der Waals surface area contributed by atoms with E-state index in [9.17, 15) is 9.59 Å². The molecule has 1 saturated heterocycles. The van der Waals surface area contributed by atoms with Crippen LogP contribution in [0.3, 0.4) is 0 Å². The van der Waals surface area contributed by atoms with Crippen LogP contribution in [0.5, 0.6) is 0 Å². The van der Waals surface area contributed by atoms with Gasteiger partial charge in [-0.1, -0.05) is 23.7 Å². The Morgan fingerprint density at radius 2 is 1.74 bits per heavy atom. The van der Waals surface area contributed by atoms with Crippen LogP contribution in [-0.4, -0.2) is 24.9 Å². The molecule has 6 heteroatoms. The first-order valence-corrected chi connectivity index (χ1v) is 9.30. The normalized spacial score (nSPS) is 13.8. The van der Waals surface area contributed by atoms with Gasteiger partial charge in [-0.05, 0) is 54.8 Å². The fourth-order valence-corrected chi connectivity index (χ4v) is 3.24. The lowest BCUT2D eigenvalue weighted by Crippen LogP contribution is -2.20. The van der Waals surface area contributed by atoms with E-state index in [1.54, 1.807) is 24.3 Å². The second kappa shape index (κ2) is 8.73. The molecular formula is C21H22ClN3O2. The lowest BCUT2D eigenvalue weighted by molar-refractivity contribution is -0.114. The van der Waals surface area contributed by atoms with Crippen molar-refractivity contribution in [3.05, 3.63) is 59.1 Å². The summed E-state index contributed by atoms with van der Waals surface area (Å²) in [5.74, 6) is -0.336. The van der Waals surface area contributed by atoms with E-state index in [4.69, 9.17) is 11.6 Å². The molecule has 0 saturated carbocycles. The highest BCUT2D eigenvalue weighted by Crippen LogP contribution is 2.31. The molecule has 0 aromatic heterocycles. The van der Waals surface area contributed by atoms with E-state index >= 15 is 0 Å². The molecule has 140 valence electrons. The zero-order valence-electron chi connectivity index (χ0n) is 15.2. The molecule has 2 aromatic carbocycles. The molecule has 2 amide bonds. The average molecular weight is 384 g/mol. The van der Waals surface area contributed by atoms with Gasteiger partial charge in [0.15, 0.2) is 0 Å². The number of carbonyl (C=O) groups excluding carboxylic acids is 2. The van der Waals surface area contributed by atoms with E-state index < -0.39 is 0 Å². The molecule has 0 unspecified atom stereocenters. The first-order valence-electron chi connectivity index (χ1n) is 8.92. The highest BCUT2D eigenvalue weighted by Gasteiger charge is 2.16. The van der Waals surface area contributed by atoms with Crippen LogP contribution in [0, 0.1) is 0 Å². The molecule has 3 rings (SSSR count). The lowest BCUT2D eigenvalue weighted by Gasteiger charge is -2.21. The third-order valence-corrected chi connectivity index (χ3v) is 4.56. The molecule has 27 heavy (non-hydrogen) atoms. The van der Waals surface area contributed by atoms with Gasteiger partial charge in [0, 0.05) is 36.8 Å². The second-order valence-corrected chi connectivity index (χ2v) is 6.92.